The van der Waals surface area contributed by atoms with Gasteiger partial charge in [-0.15, -0.1) is 0 Å². The Morgan fingerprint density at radius 2 is 1.68 bits per heavy atom. The lowest BCUT2D eigenvalue weighted by Gasteiger charge is -2.31. The molecule has 6 heteroatoms. The van der Waals surface area contributed by atoms with Gasteiger partial charge in [0.05, 0.1) is 13.7 Å². The van der Waals surface area contributed by atoms with Gasteiger partial charge >= 0.3 is 14.5 Å². The van der Waals surface area contributed by atoms with Gasteiger partial charge in [-0.2, -0.15) is 0 Å². The molecule has 1 aliphatic rings. The average Bonchev–Trinajstić information content (AvgIpc) is 2.89. The quantitative estimate of drug-likeness (QED) is 0.522. The largest absolute Gasteiger partial charge is 0.469 e. The maximum Gasteiger partial charge on any atom is 0.318 e. The molecule has 1 aromatic carbocycles. The Labute approximate surface area is 171 Å². The molecule has 0 aliphatic carbocycles. The molecule has 1 saturated heterocycles. The van der Waals surface area contributed by atoms with Crippen LogP contribution in [0, 0.1) is 0 Å². The molecule has 28 heavy (non-hydrogen) atoms. The van der Waals surface area contributed by atoms with Gasteiger partial charge in [0.25, 0.3) is 0 Å². The van der Waals surface area contributed by atoms with Crippen LogP contribution in [0.4, 0.5) is 0 Å². The van der Waals surface area contributed by atoms with Crippen molar-refractivity contribution in [2.75, 3.05) is 13.7 Å². The fraction of sp³-hybridized carbons (Fsp3) is 0.682. The summed E-state index contributed by atoms with van der Waals surface area (Å²) in [7, 11) is 0.239. The molecule has 1 aromatic rings. The Kier molecular flexibility index (Phi) is 6.85. The summed E-state index contributed by atoms with van der Waals surface area (Å²) in [5.74, 6) is 0.710. The molecule has 2 rings (SSSR count). The van der Waals surface area contributed by atoms with E-state index in [-0.39, 0.29) is 22.3 Å². The van der Waals surface area contributed by atoms with Gasteiger partial charge in [-0.25, -0.2) is 5.09 Å². The lowest BCUT2D eigenvalue weighted by atomic mass is 9.78. The molecule has 5 nitrogen and oxygen atoms in total. The minimum Gasteiger partial charge on any atom is -0.469 e. The van der Waals surface area contributed by atoms with Gasteiger partial charge < -0.3 is 13.8 Å². The minimum absolute atomic E-state index is 0.0874. The van der Waals surface area contributed by atoms with E-state index in [2.05, 4.69) is 72.6 Å². The van der Waals surface area contributed by atoms with Crippen molar-refractivity contribution in [3.63, 3.8) is 0 Å². The van der Waals surface area contributed by atoms with Crippen LogP contribution in [0.15, 0.2) is 12.1 Å². The molecule has 1 atom stereocenters. The van der Waals surface area contributed by atoms with Crippen molar-refractivity contribution in [2.24, 2.45) is 0 Å². The fourth-order valence-electron chi connectivity index (χ4n) is 3.06. The molecule has 0 spiro atoms. The zero-order valence-corrected chi connectivity index (χ0v) is 19.8. The smallest absolute Gasteiger partial charge is 0.318 e. The molecule has 0 saturated carbocycles. The molecule has 1 heterocycles. The van der Waals surface area contributed by atoms with Crippen LogP contribution in [-0.2, 0) is 31.3 Å². The van der Waals surface area contributed by atoms with Crippen LogP contribution >= 0.6 is 8.53 Å². The van der Waals surface area contributed by atoms with Crippen LogP contribution in [0.25, 0.3) is 0 Å². The van der Waals surface area contributed by atoms with E-state index in [9.17, 15) is 4.79 Å². The SMILES string of the molecule is COC(=O)CCc1cc(C(C)(C)C)c(OP2NC(C)(C)CO2)c(C(C)(C)C)c1. The first-order chi connectivity index (χ1) is 12.7. The number of carbonyl (C=O) groups is 1. The average molecular weight is 410 g/mol. The van der Waals surface area contributed by atoms with Crippen molar-refractivity contribution in [1.29, 1.82) is 0 Å². The molecule has 1 N–H and O–H groups in total. The van der Waals surface area contributed by atoms with Crippen molar-refractivity contribution >= 4 is 14.5 Å². The van der Waals surface area contributed by atoms with Crippen molar-refractivity contribution in [3.05, 3.63) is 28.8 Å². The number of methoxy groups -OCH3 is 1. The second kappa shape index (κ2) is 8.30. The van der Waals surface area contributed by atoms with Gasteiger partial charge in [-0.3, -0.25) is 4.79 Å². The number of ether oxygens (including phenoxy) is 1. The zero-order valence-electron chi connectivity index (χ0n) is 18.9. The van der Waals surface area contributed by atoms with Crippen LogP contribution in [0.1, 0.15) is 78.5 Å². The van der Waals surface area contributed by atoms with Gasteiger partial charge in [0.1, 0.15) is 5.75 Å². The first kappa shape index (κ1) is 23.1. The van der Waals surface area contributed by atoms with Crippen molar-refractivity contribution in [3.8, 4) is 5.75 Å². The molecule has 0 amide bonds. The number of hydrogen-bond donors (Lipinski definition) is 1. The topological polar surface area (TPSA) is 56.8 Å². The van der Waals surface area contributed by atoms with E-state index in [1.54, 1.807) is 0 Å². The van der Waals surface area contributed by atoms with Gasteiger partial charge in [-0.1, -0.05) is 53.7 Å². The van der Waals surface area contributed by atoms with E-state index in [0.717, 1.165) is 22.4 Å². The third-order valence-electron chi connectivity index (χ3n) is 4.72. The van der Waals surface area contributed by atoms with Gasteiger partial charge in [0.2, 0.25) is 0 Å². The molecule has 158 valence electrons. The summed E-state index contributed by atoms with van der Waals surface area (Å²) in [6, 6.07) is 4.34. The number of esters is 1. The highest BCUT2D eigenvalue weighted by Gasteiger charge is 2.36. The molecule has 1 unspecified atom stereocenters. The highest BCUT2D eigenvalue weighted by atomic mass is 31.2. The Balaban J connectivity index is 2.49. The number of hydrogen-bond acceptors (Lipinski definition) is 5. The fourth-order valence-corrected chi connectivity index (χ4v) is 4.58. The second-order valence-corrected chi connectivity index (χ2v) is 11.4. The van der Waals surface area contributed by atoms with Crippen LogP contribution in [0.5, 0.6) is 5.75 Å². The monoisotopic (exact) mass is 409 g/mol. The molecule has 0 aromatic heterocycles. The summed E-state index contributed by atoms with van der Waals surface area (Å²) in [4.78, 5) is 11.6. The van der Waals surface area contributed by atoms with E-state index in [1.165, 1.54) is 7.11 Å². The van der Waals surface area contributed by atoms with Crippen molar-refractivity contribution in [2.45, 2.75) is 84.6 Å². The van der Waals surface area contributed by atoms with E-state index in [4.69, 9.17) is 13.8 Å². The first-order valence-corrected chi connectivity index (χ1v) is 11.0. The number of nitrogens with one attached hydrogen (secondary N) is 1. The third-order valence-corrected chi connectivity index (χ3v) is 6.22. The van der Waals surface area contributed by atoms with Gasteiger partial charge in [0, 0.05) is 23.1 Å². The number of rotatable bonds is 5. The summed E-state index contributed by atoms with van der Waals surface area (Å²) in [5, 5.41) is 3.46. The Morgan fingerprint density at radius 1 is 1.14 bits per heavy atom. The summed E-state index contributed by atoms with van der Waals surface area (Å²) in [6.07, 6.45) is 1.02. The van der Waals surface area contributed by atoms with Crippen LogP contribution in [-0.4, -0.2) is 25.2 Å². The summed E-state index contributed by atoms with van der Waals surface area (Å²) in [5.41, 5.74) is 3.09. The van der Waals surface area contributed by atoms with Crippen LogP contribution in [0.2, 0.25) is 0 Å². The summed E-state index contributed by atoms with van der Waals surface area (Å²) in [6.45, 7) is 18.0. The maximum absolute atomic E-state index is 11.6. The molecule has 0 bridgehead atoms. The van der Waals surface area contributed by atoms with Gasteiger partial charge in [-0.05, 0) is 36.7 Å². The third kappa shape index (κ3) is 5.92. The standard InChI is InChI=1S/C22H36NO4P/c1-20(2,3)16-12-15(10-11-18(24)25-9)13-17(21(4,5)6)19(16)27-28-23-22(7,8)14-26-28/h12-13,23H,10-11,14H2,1-9H3. The van der Waals surface area contributed by atoms with Crippen molar-refractivity contribution in [1.82, 2.24) is 5.09 Å². The predicted molar refractivity (Wildman–Crippen MR) is 115 cm³/mol. The molecule has 1 aliphatic heterocycles. The number of benzene rings is 1. The van der Waals surface area contributed by atoms with E-state index in [1.807, 2.05) is 0 Å². The predicted octanol–water partition coefficient (Wildman–Crippen LogP) is 5.39. The van der Waals surface area contributed by atoms with Gasteiger partial charge in [0.15, 0.2) is 0 Å². The zero-order chi connectivity index (χ0) is 21.3. The Hall–Kier alpha value is -1.16. The molecular weight excluding hydrogens is 373 g/mol. The molecule has 1 fully saturated rings. The summed E-state index contributed by atoms with van der Waals surface area (Å²) < 4.78 is 17.2. The number of carbonyl (C=O) groups excluding carboxylic acids is 1. The minimum atomic E-state index is -1.19. The van der Waals surface area contributed by atoms with E-state index < -0.39 is 8.53 Å². The first-order valence-electron chi connectivity index (χ1n) is 9.86. The maximum atomic E-state index is 11.6. The Bertz CT molecular complexity index is 681. The Morgan fingerprint density at radius 3 is 2.07 bits per heavy atom. The molecular formula is C22H36NO4P. The normalized spacial score (nSPS) is 19.5. The number of aryl methyl sites for hydroxylation is 1. The summed E-state index contributed by atoms with van der Waals surface area (Å²) >= 11 is 0. The van der Waals surface area contributed by atoms with Crippen molar-refractivity contribution < 1.29 is 18.6 Å². The highest BCUT2D eigenvalue weighted by Crippen LogP contribution is 2.49. The van der Waals surface area contributed by atoms with Crippen LogP contribution in [0.3, 0.4) is 0 Å². The van der Waals surface area contributed by atoms with Crippen LogP contribution < -0.4 is 9.61 Å². The lowest BCUT2D eigenvalue weighted by molar-refractivity contribution is -0.140. The van der Waals surface area contributed by atoms with E-state index in [0.29, 0.717) is 19.4 Å². The van der Waals surface area contributed by atoms with E-state index >= 15 is 0 Å². The lowest BCUT2D eigenvalue weighted by Crippen LogP contribution is -2.33. The molecule has 0 radical (unpaired) electrons. The second-order valence-electron chi connectivity index (χ2n) is 10.2. The highest BCUT2D eigenvalue weighted by molar-refractivity contribution is 7.45.